The van der Waals surface area contributed by atoms with Crippen molar-refractivity contribution < 1.29 is 0 Å². The van der Waals surface area contributed by atoms with E-state index >= 15 is 0 Å². The summed E-state index contributed by atoms with van der Waals surface area (Å²) in [7, 11) is 0. The molecule has 72 valence electrons. The van der Waals surface area contributed by atoms with E-state index in [1.54, 1.807) is 0 Å². The molecule has 0 bridgehead atoms. The summed E-state index contributed by atoms with van der Waals surface area (Å²) in [6.07, 6.45) is 9.46. The quantitative estimate of drug-likeness (QED) is 0.727. The molecule has 13 heavy (non-hydrogen) atoms. The van der Waals surface area contributed by atoms with E-state index in [1.807, 2.05) is 6.20 Å². The summed E-state index contributed by atoms with van der Waals surface area (Å²) in [6.45, 7) is 2.45. The molecule has 1 atom stereocenters. The Morgan fingerprint density at radius 1 is 1.46 bits per heavy atom. The predicted molar refractivity (Wildman–Crippen MR) is 54.7 cm³/mol. The smallest absolute Gasteiger partial charge is 0.00373 e. The number of aromatic nitrogens is 1. The topological polar surface area (TPSA) is 27.8 Å². The minimum absolute atomic E-state index is 0.906. The zero-order valence-corrected chi connectivity index (χ0v) is 8.05. The van der Waals surface area contributed by atoms with E-state index < -0.39 is 0 Å². The Labute approximate surface area is 79.7 Å². The zero-order chi connectivity index (χ0) is 8.93. The van der Waals surface area contributed by atoms with Crippen LogP contribution in [0.3, 0.4) is 0 Å². The molecule has 0 radical (unpaired) electrons. The van der Waals surface area contributed by atoms with Crippen LogP contribution < -0.4 is 5.32 Å². The molecule has 1 aliphatic rings. The number of piperidine rings is 1. The third-order valence-corrected chi connectivity index (χ3v) is 2.90. The fourth-order valence-electron chi connectivity index (χ4n) is 2.06. The van der Waals surface area contributed by atoms with Crippen molar-refractivity contribution in [3.63, 3.8) is 0 Å². The molecule has 1 aromatic rings. The highest BCUT2D eigenvalue weighted by molar-refractivity contribution is 5.08. The normalized spacial score (nSPS) is 23.2. The Bertz CT molecular complexity index is 222. The predicted octanol–water partition coefficient (Wildman–Crippen LogP) is 1.95. The number of aromatic amines is 1. The second-order valence-corrected chi connectivity index (χ2v) is 3.97. The molecule has 1 aromatic heterocycles. The Hall–Kier alpha value is -0.760. The van der Waals surface area contributed by atoms with Gasteiger partial charge in [-0.05, 0) is 56.3 Å². The van der Waals surface area contributed by atoms with Crippen LogP contribution >= 0.6 is 0 Å². The maximum absolute atomic E-state index is 3.46. The number of nitrogens with one attached hydrogen (secondary N) is 2. The third kappa shape index (κ3) is 2.59. The van der Waals surface area contributed by atoms with Crippen molar-refractivity contribution in [2.24, 2.45) is 5.92 Å². The minimum atomic E-state index is 0.906. The largest absolute Gasteiger partial charge is 0.367 e. The van der Waals surface area contributed by atoms with Crippen molar-refractivity contribution in [2.75, 3.05) is 13.1 Å². The molecule has 1 aliphatic heterocycles. The van der Waals surface area contributed by atoms with Gasteiger partial charge < -0.3 is 10.3 Å². The van der Waals surface area contributed by atoms with Crippen molar-refractivity contribution in [3.8, 4) is 0 Å². The van der Waals surface area contributed by atoms with Gasteiger partial charge in [-0.15, -0.1) is 0 Å². The van der Waals surface area contributed by atoms with Crippen molar-refractivity contribution in [1.82, 2.24) is 10.3 Å². The number of aryl methyl sites for hydroxylation is 1. The molecule has 1 saturated heterocycles. The molecule has 2 heteroatoms. The molecule has 0 amide bonds. The molecular formula is C11H18N2. The molecule has 2 rings (SSSR count). The lowest BCUT2D eigenvalue weighted by atomic mass is 9.93. The fraction of sp³-hybridized carbons (Fsp3) is 0.636. The lowest BCUT2D eigenvalue weighted by molar-refractivity contribution is 0.358. The first-order valence-corrected chi connectivity index (χ1v) is 5.27. The van der Waals surface area contributed by atoms with Gasteiger partial charge in [0, 0.05) is 12.4 Å². The first kappa shape index (κ1) is 8.82. The molecule has 0 saturated carbocycles. The van der Waals surface area contributed by atoms with Gasteiger partial charge in [0.25, 0.3) is 0 Å². The molecule has 2 nitrogen and oxygen atoms in total. The van der Waals surface area contributed by atoms with E-state index in [-0.39, 0.29) is 0 Å². The Balaban J connectivity index is 1.72. The van der Waals surface area contributed by atoms with Gasteiger partial charge in [-0.1, -0.05) is 0 Å². The van der Waals surface area contributed by atoms with Crippen LogP contribution in [0.25, 0.3) is 0 Å². The number of H-pyrrole nitrogens is 1. The van der Waals surface area contributed by atoms with E-state index in [0.29, 0.717) is 0 Å². The minimum Gasteiger partial charge on any atom is -0.367 e. The van der Waals surface area contributed by atoms with E-state index in [1.165, 1.54) is 44.3 Å². The first-order chi connectivity index (χ1) is 6.45. The highest BCUT2D eigenvalue weighted by Crippen LogP contribution is 2.16. The summed E-state index contributed by atoms with van der Waals surface area (Å²) < 4.78 is 0. The van der Waals surface area contributed by atoms with Crippen LogP contribution in [0.1, 0.15) is 24.8 Å². The van der Waals surface area contributed by atoms with Gasteiger partial charge in [-0.2, -0.15) is 0 Å². The van der Waals surface area contributed by atoms with Gasteiger partial charge in [0.1, 0.15) is 0 Å². The summed E-state index contributed by atoms with van der Waals surface area (Å²) >= 11 is 0. The average molecular weight is 178 g/mol. The first-order valence-electron chi connectivity index (χ1n) is 5.27. The van der Waals surface area contributed by atoms with E-state index in [0.717, 1.165) is 5.92 Å². The van der Waals surface area contributed by atoms with Crippen molar-refractivity contribution in [1.29, 1.82) is 0 Å². The standard InChI is InChI=1S/C11H18N2/c1-2-10(8-12-6-1)3-4-11-5-7-13-9-11/h5,7,9-10,12-13H,1-4,6,8H2. The number of hydrogen-bond donors (Lipinski definition) is 2. The SMILES string of the molecule is c1cc(CCC2CCCNC2)c[nH]1. The Morgan fingerprint density at radius 3 is 3.15 bits per heavy atom. The monoisotopic (exact) mass is 178 g/mol. The molecular weight excluding hydrogens is 160 g/mol. The van der Waals surface area contributed by atoms with Crippen molar-refractivity contribution in [3.05, 3.63) is 24.0 Å². The van der Waals surface area contributed by atoms with Gasteiger partial charge in [0.05, 0.1) is 0 Å². The lowest BCUT2D eigenvalue weighted by Gasteiger charge is -2.22. The summed E-state index contributed by atoms with van der Waals surface area (Å²) in [5, 5.41) is 3.46. The summed E-state index contributed by atoms with van der Waals surface area (Å²) in [5.41, 5.74) is 1.45. The van der Waals surface area contributed by atoms with E-state index in [2.05, 4.69) is 22.6 Å². The van der Waals surface area contributed by atoms with Gasteiger partial charge in [-0.25, -0.2) is 0 Å². The fourth-order valence-corrected chi connectivity index (χ4v) is 2.06. The van der Waals surface area contributed by atoms with Gasteiger partial charge in [-0.3, -0.25) is 0 Å². The summed E-state index contributed by atoms with van der Waals surface area (Å²) in [5.74, 6) is 0.906. The van der Waals surface area contributed by atoms with Crippen LogP contribution in [0, 0.1) is 5.92 Å². The third-order valence-electron chi connectivity index (χ3n) is 2.90. The second-order valence-electron chi connectivity index (χ2n) is 3.97. The molecule has 2 heterocycles. The van der Waals surface area contributed by atoms with Crippen LogP contribution in [0.2, 0.25) is 0 Å². The maximum Gasteiger partial charge on any atom is 0.00373 e. The summed E-state index contributed by atoms with van der Waals surface area (Å²) in [6, 6.07) is 2.18. The van der Waals surface area contributed by atoms with Crippen molar-refractivity contribution in [2.45, 2.75) is 25.7 Å². The maximum atomic E-state index is 3.46. The Kier molecular flexibility index (Phi) is 3.03. The van der Waals surface area contributed by atoms with Crippen LogP contribution in [0.4, 0.5) is 0 Å². The molecule has 1 unspecified atom stereocenters. The molecule has 1 fully saturated rings. The van der Waals surface area contributed by atoms with Gasteiger partial charge >= 0.3 is 0 Å². The molecule has 0 aliphatic carbocycles. The van der Waals surface area contributed by atoms with Gasteiger partial charge in [0.15, 0.2) is 0 Å². The number of rotatable bonds is 3. The van der Waals surface area contributed by atoms with Crippen LogP contribution in [0.15, 0.2) is 18.5 Å². The number of hydrogen-bond acceptors (Lipinski definition) is 1. The molecule has 2 N–H and O–H groups in total. The van der Waals surface area contributed by atoms with Crippen LogP contribution in [-0.2, 0) is 6.42 Å². The van der Waals surface area contributed by atoms with Crippen LogP contribution in [0.5, 0.6) is 0 Å². The Morgan fingerprint density at radius 2 is 2.46 bits per heavy atom. The average Bonchev–Trinajstić information content (AvgIpc) is 2.69. The lowest BCUT2D eigenvalue weighted by Crippen LogP contribution is -2.29. The molecule has 0 aromatic carbocycles. The highest BCUT2D eigenvalue weighted by atomic mass is 14.9. The van der Waals surface area contributed by atoms with Gasteiger partial charge in [0.2, 0.25) is 0 Å². The molecule has 0 spiro atoms. The van der Waals surface area contributed by atoms with E-state index in [9.17, 15) is 0 Å². The second kappa shape index (κ2) is 4.47. The van der Waals surface area contributed by atoms with Crippen LogP contribution in [-0.4, -0.2) is 18.1 Å². The highest BCUT2D eigenvalue weighted by Gasteiger charge is 2.12. The summed E-state index contributed by atoms with van der Waals surface area (Å²) in [4.78, 5) is 3.10. The zero-order valence-electron chi connectivity index (χ0n) is 8.05. The van der Waals surface area contributed by atoms with E-state index in [4.69, 9.17) is 0 Å². The van der Waals surface area contributed by atoms with Crippen molar-refractivity contribution >= 4 is 0 Å².